The Morgan fingerprint density at radius 2 is 1.96 bits per heavy atom. The molecule has 4 N–H and O–H groups in total. The Morgan fingerprint density at radius 1 is 1.33 bits per heavy atom. The van der Waals surface area contributed by atoms with Crippen molar-refractivity contribution < 1.29 is 19.2 Å². The van der Waals surface area contributed by atoms with Crippen molar-refractivity contribution in [3.05, 3.63) is 16.0 Å². The molecular weight excluding hydrogens is 326 g/mol. The second-order valence-electron chi connectivity index (χ2n) is 6.73. The first-order valence-corrected chi connectivity index (χ1v) is 9.32. The average Bonchev–Trinajstić information content (AvgIpc) is 2.82. The van der Waals surface area contributed by atoms with E-state index in [9.17, 15) is 9.59 Å². The third-order valence-corrected chi connectivity index (χ3v) is 5.51. The summed E-state index contributed by atoms with van der Waals surface area (Å²) in [6.07, 6.45) is 1.22. The third-order valence-electron chi connectivity index (χ3n) is 4.45. The number of piperidine rings is 1. The molecule has 2 rings (SSSR count). The molecule has 1 amide bonds. The van der Waals surface area contributed by atoms with E-state index in [0.717, 1.165) is 18.7 Å². The van der Waals surface area contributed by atoms with Crippen LogP contribution in [0.15, 0.2) is 0 Å². The first kappa shape index (κ1) is 18.7. The SMILES string of the molecule is CCOC(=O)c1c(N)sc(C(=O)NC)c1C[NH+]1C[C@@H](C)C[C@H](C)C1. The lowest BCUT2D eigenvalue weighted by molar-refractivity contribution is -0.925. The Bertz CT molecular complexity index is 604. The quantitative estimate of drug-likeness (QED) is 0.687. The molecule has 1 aromatic heterocycles. The first-order chi connectivity index (χ1) is 11.4. The molecule has 1 aliphatic rings. The molecule has 0 aromatic carbocycles. The van der Waals surface area contributed by atoms with Crippen LogP contribution in [0.5, 0.6) is 0 Å². The highest BCUT2D eigenvalue weighted by atomic mass is 32.1. The summed E-state index contributed by atoms with van der Waals surface area (Å²) >= 11 is 1.17. The number of rotatable bonds is 5. The maximum absolute atomic E-state index is 12.3. The van der Waals surface area contributed by atoms with E-state index < -0.39 is 5.97 Å². The molecule has 1 aromatic rings. The molecule has 0 spiro atoms. The largest absolute Gasteiger partial charge is 0.462 e. The Balaban J connectivity index is 2.37. The summed E-state index contributed by atoms with van der Waals surface area (Å²) in [6, 6.07) is 0. The minimum absolute atomic E-state index is 0.199. The van der Waals surface area contributed by atoms with Crippen molar-refractivity contribution in [2.24, 2.45) is 11.8 Å². The van der Waals surface area contributed by atoms with Gasteiger partial charge in [0, 0.05) is 24.4 Å². The van der Waals surface area contributed by atoms with Crippen molar-refractivity contribution in [2.45, 2.75) is 33.7 Å². The number of carbonyl (C=O) groups is 2. The molecule has 24 heavy (non-hydrogen) atoms. The number of carbonyl (C=O) groups excluding carboxylic acids is 2. The zero-order valence-electron chi connectivity index (χ0n) is 14.9. The van der Waals surface area contributed by atoms with Gasteiger partial charge in [-0.25, -0.2) is 4.79 Å². The van der Waals surface area contributed by atoms with E-state index >= 15 is 0 Å². The summed E-state index contributed by atoms with van der Waals surface area (Å²) in [5, 5.41) is 3.00. The second-order valence-corrected chi connectivity index (χ2v) is 7.78. The first-order valence-electron chi connectivity index (χ1n) is 8.51. The standard InChI is InChI=1S/C17H27N3O3S/c1-5-23-17(22)13-12(14(16(21)19-4)24-15(13)18)9-20-7-10(2)6-11(3)8-20/h10-11H,5-9,18H2,1-4H3,(H,19,21)/p+1/t10-,11-/m0/s1. The van der Waals surface area contributed by atoms with E-state index in [0.29, 0.717) is 33.8 Å². The highest BCUT2D eigenvalue weighted by Crippen LogP contribution is 2.31. The zero-order valence-corrected chi connectivity index (χ0v) is 15.7. The zero-order chi connectivity index (χ0) is 17.9. The van der Waals surface area contributed by atoms with Crippen LogP contribution in [0.3, 0.4) is 0 Å². The summed E-state index contributed by atoms with van der Waals surface area (Å²) in [5.74, 6) is 0.632. The van der Waals surface area contributed by atoms with Gasteiger partial charge in [-0.05, 0) is 13.3 Å². The minimum Gasteiger partial charge on any atom is -0.462 e. The van der Waals surface area contributed by atoms with Gasteiger partial charge in [0.15, 0.2) is 0 Å². The molecule has 2 heterocycles. The molecule has 0 radical (unpaired) electrons. The number of anilines is 1. The molecular formula is C17H28N3O3S+. The smallest absolute Gasteiger partial charge is 0.341 e. The van der Waals surface area contributed by atoms with E-state index in [4.69, 9.17) is 10.5 Å². The number of amides is 1. The number of likely N-dealkylation sites (tertiary alicyclic amines) is 1. The van der Waals surface area contributed by atoms with Crippen molar-refractivity contribution in [1.29, 1.82) is 0 Å². The minimum atomic E-state index is -0.436. The normalized spacial score (nSPS) is 23.8. The average molecular weight is 354 g/mol. The van der Waals surface area contributed by atoms with Crippen molar-refractivity contribution in [2.75, 3.05) is 32.5 Å². The number of thiophene rings is 1. The number of nitrogens with one attached hydrogen (secondary N) is 2. The number of ether oxygens (including phenoxy) is 1. The van der Waals surface area contributed by atoms with E-state index in [1.165, 1.54) is 22.7 Å². The predicted molar refractivity (Wildman–Crippen MR) is 95.4 cm³/mol. The van der Waals surface area contributed by atoms with Gasteiger partial charge in [-0.2, -0.15) is 0 Å². The van der Waals surface area contributed by atoms with Crippen molar-refractivity contribution in [3.63, 3.8) is 0 Å². The van der Waals surface area contributed by atoms with Gasteiger partial charge in [0.05, 0.1) is 19.7 Å². The van der Waals surface area contributed by atoms with Crippen LogP contribution < -0.4 is 16.0 Å². The molecule has 1 aliphatic heterocycles. The van der Waals surface area contributed by atoms with Gasteiger partial charge < -0.3 is 20.7 Å². The summed E-state index contributed by atoms with van der Waals surface area (Å²) in [4.78, 5) is 26.5. The maximum atomic E-state index is 12.3. The van der Waals surface area contributed by atoms with E-state index in [2.05, 4.69) is 19.2 Å². The van der Waals surface area contributed by atoms with Crippen LogP contribution in [0, 0.1) is 11.8 Å². The second kappa shape index (κ2) is 7.98. The van der Waals surface area contributed by atoms with Crippen LogP contribution in [0.2, 0.25) is 0 Å². The molecule has 1 saturated heterocycles. The van der Waals surface area contributed by atoms with Gasteiger partial charge in [-0.1, -0.05) is 13.8 Å². The van der Waals surface area contributed by atoms with Crippen LogP contribution in [-0.2, 0) is 11.3 Å². The monoisotopic (exact) mass is 354 g/mol. The number of esters is 1. The van der Waals surface area contributed by atoms with Gasteiger partial charge in [-0.15, -0.1) is 11.3 Å². The van der Waals surface area contributed by atoms with Crippen molar-refractivity contribution >= 4 is 28.2 Å². The molecule has 1 fully saturated rings. The van der Waals surface area contributed by atoms with Crippen molar-refractivity contribution in [1.82, 2.24) is 5.32 Å². The highest BCUT2D eigenvalue weighted by molar-refractivity contribution is 7.18. The molecule has 6 nitrogen and oxygen atoms in total. The van der Waals surface area contributed by atoms with Gasteiger partial charge in [0.1, 0.15) is 22.0 Å². The summed E-state index contributed by atoms with van der Waals surface area (Å²) < 4.78 is 5.15. The van der Waals surface area contributed by atoms with Crippen LogP contribution in [-0.4, -0.2) is 38.6 Å². The number of hydrogen-bond acceptors (Lipinski definition) is 5. The molecule has 0 saturated carbocycles. The summed E-state index contributed by atoms with van der Waals surface area (Å²) in [7, 11) is 1.59. The van der Waals surface area contributed by atoms with Crippen LogP contribution in [0.4, 0.5) is 5.00 Å². The molecule has 2 atom stereocenters. The van der Waals surface area contributed by atoms with Crippen LogP contribution in [0.25, 0.3) is 0 Å². The lowest BCUT2D eigenvalue weighted by Crippen LogP contribution is -3.13. The number of nitrogens with two attached hydrogens (primary N) is 1. The van der Waals surface area contributed by atoms with Gasteiger partial charge in [0.2, 0.25) is 0 Å². The maximum Gasteiger partial charge on any atom is 0.341 e. The number of nitrogen functional groups attached to an aromatic ring is 1. The van der Waals surface area contributed by atoms with E-state index in [-0.39, 0.29) is 12.5 Å². The van der Waals surface area contributed by atoms with E-state index in [1.54, 1.807) is 14.0 Å². The Kier molecular flexibility index (Phi) is 6.23. The fourth-order valence-electron chi connectivity index (χ4n) is 3.69. The lowest BCUT2D eigenvalue weighted by atomic mass is 9.91. The fourth-order valence-corrected chi connectivity index (χ4v) is 4.72. The Hall–Kier alpha value is -1.60. The fraction of sp³-hybridized carbons (Fsp3) is 0.647. The Morgan fingerprint density at radius 3 is 2.50 bits per heavy atom. The lowest BCUT2D eigenvalue weighted by Gasteiger charge is -2.32. The topological polar surface area (TPSA) is 85.9 Å². The molecule has 0 bridgehead atoms. The molecule has 0 unspecified atom stereocenters. The summed E-state index contributed by atoms with van der Waals surface area (Å²) in [6.45, 7) is 9.25. The van der Waals surface area contributed by atoms with Gasteiger partial charge in [-0.3, -0.25) is 4.79 Å². The van der Waals surface area contributed by atoms with Crippen LogP contribution in [0.1, 0.15) is 52.8 Å². The Labute approximate surface area is 147 Å². The van der Waals surface area contributed by atoms with Gasteiger partial charge >= 0.3 is 5.97 Å². The molecule has 0 aliphatic carbocycles. The van der Waals surface area contributed by atoms with Crippen LogP contribution >= 0.6 is 11.3 Å². The molecule has 7 heteroatoms. The number of hydrogen-bond donors (Lipinski definition) is 3. The molecule has 134 valence electrons. The highest BCUT2D eigenvalue weighted by Gasteiger charge is 2.32. The summed E-state index contributed by atoms with van der Waals surface area (Å²) in [5.41, 5.74) is 7.16. The third kappa shape index (κ3) is 4.08. The predicted octanol–water partition coefficient (Wildman–Crippen LogP) is 0.927. The van der Waals surface area contributed by atoms with Crippen molar-refractivity contribution in [3.8, 4) is 0 Å². The number of quaternary nitrogens is 1. The van der Waals surface area contributed by atoms with E-state index in [1.807, 2.05) is 0 Å². The van der Waals surface area contributed by atoms with Gasteiger partial charge in [0.25, 0.3) is 5.91 Å².